The van der Waals surface area contributed by atoms with E-state index in [0.717, 1.165) is 5.69 Å². The molecular weight excluding hydrogens is 396 g/mol. The van der Waals surface area contributed by atoms with Gasteiger partial charge in [-0.05, 0) is 55.2 Å². The number of pyridine rings is 1. The summed E-state index contributed by atoms with van der Waals surface area (Å²) in [4.78, 5) is 18.4. The third kappa shape index (κ3) is 4.51. The van der Waals surface area contributed by atoms with Crippen LogP contribution in [0.15, 0.2) is 42.9 Å². The molecule has 1 saturated heterocycles. The molecule has 30 heavy (non-hydrogen) atoms. The Bertz CT molecular complexity index is 863. The van der Waals surface area contributed by atoms with Crippen molar-refractivity contribution in [2.24, 2.45) is 0 Å². The first-order valence-electron chi connectivity index (χ1n) is 10.9. The van der Waals surface area contributed by atoms with Crippen molar-refractivity contribution >= 4 is 23.3 Å². The van der Waals surface area contributed by atoms with Gasteiger partial charge in [0, 0.05) is 37.6 Å². The molecule has 4 rings (SSSR count). The van der Waals surface area contributed by atoms with Gasteiger partial charge in [-0.2, -0.15) is 0 Å². The van der Waals surface area contributed by atoms with E-state index in [4.69, 9.17) is 17.0 Å². The van der Waals surface area contributed by atoms with Crippen molar-refractivity contribution in [1.82, 2.24) is 19.8 Å². The van der Waals surface area contributed by atoms with Gasteiger partial charge in [-0.1, -0.05) is 25.3 Å². The molecule has 0 spiro atoms. The van der Waals surface area contributed by atoms with Crippen LogP contribution in [0.4, 0.5) is 0 Å². The lowest BCUT2D eigenvalue weighted by Crippen LogP contribution is -2.30. The van der Waals surface area contributed by atoms with E-state index in [0.29, 0.717) is 30.5 Å². The smallest absolute Gasteiger partial charge is 0.305 e. The number of ether oxygens (including phenoxy) is 1. The Labute approximate surface area is 183 Å². The minimum Gasteiger partial charge on any atom is -0.469 e. The van der Waals surface area contributed by atoms with Crippen LogP contribution in [0, 0.1) is 0 Å². The first-order valence-corrected chi connectivity index (χ1v) is 11.3. The molecule has 2 unspecified atom stereocenters. The van der Waals surface area contributed by atoms with Gasteiger partial charge in [-0.3, -0.25) is 9.78 Å². The van der Waals surface area contributed by atoms with E-state index >= 15 is 0 Å². The first-order chi connectivity index (χ1) is 14.7. The van der Waals surface area contributed by atoms with E-state index in [9.17, 15) is 4.79 Å². The fraction of sp³-hybridized carbons (Fsp3) is 0.522. The molecule has 0 amide bonds. The van der Waals surface area contributed by atoms with Gasteiger partial charge in [0.2, 0.25) is 0 Å². The monoisotopic (exact) mass is 426 g/mol. The molecule has 6 nitrogen and oxygen atoms in total. The zero-order valence-electron chi connectivity index (χ0n) is 17.5. The van der Waals surface area contributed by atoms with Gasteiger partial charge in [0.1, 0.15) is 0 Å². The maximum absolute atomic E-state index is 11.6. The zero-order valence-corrected chi connectivity index (χ0v) is 18.3. The van der Waals surface area contributed by atoms with E-state index in [1.165, 1.54) is 44.8 Å². The average Bonchev–Trinajstić information content (AvgIpc) is 3.40. The maximum atomic E-state index is 11.6. The van der Waals surface area contributed by atoms with E-state index in [1.807, 2.05) is 24.4 Å². The quantitative estimate of drug-likeness (QED) is 0.526. The van der Waals surface area contributed by atoms with Gasteiger partial charge < -0.3 is 19.5 Å². The molecule has 7 heteroatoms. The lowest BCUT2D eigenvalue weighted by atomic mass is 9.95. The highest BCUT2D eigenvalue weighted by molar-refractivity contribution is 7.80. The van der Waals surface area contributed by atoms with Gasteiger partial charge in [-0.15, -0.1) is 0 Å². The summed E-state index contributed by atoms with van der Waals surface area (Å²) < 4.78 is 7.18. The minimum atomic E-state index is -0.186. The molecule has 1 aliphatic carbocycles. The minimum absolute atomic E-state index is 0.0148. The summed E-state index contributed by atoms with van der Waals surface area (Å²) in [5, 5.41) is 4.19. The van der Waals surface area contributed by atoms with Gasteiger partial charge in [-0.25, -0.2) is 0 Å². The van der Waals surface area contributed by atoms with Crippen LogP contribution in [-0.4, -0.2) is 39.2 Å². The van der Waals surface area contributed by atoms with Crippen LogP contribution >= 0.6 is 12.2 Å². The number of carbonyl (C=O) groups excluding carboxylic acids is 1. The standard InChI is InChI=1S/C23H30N4O2S/c1-29-20(28)11-7-14-27-22(21(25-23(27)30)19-10-5-6-13-24-19)17-12-15-26(16-17)18-8-3-2-4-9-18/h5-6,10,12-13,15-16,18,21-22H,2-4,7-9,11,14H2,1H3,(H,25,30). The highest BCUT2D eigenvalue weighted by Gasteiger charge is 2.40. The van der Waals surface area contributed by atoms with Crippen molar-refractivity contribution in [3.8, 4) is 0 Å². The van der Waals surface area contributed by atoms with Gasteiger partial charge in [0.25, 0.3) is 0 Å². The van der Waals surface area contributed by atoms with Gasteiger partial charge >= 0.3 is 5.97 Å². The SMILES string of the molecule is COC(=O)CCCN1C(=S)NC(c2ccccn2)C1c1ccn(C2CCCCC2)c1. The second kappa shape index (κ2) is 9.60. The highest BCUT2D eigenvalue weighted by atomic mass is 32.1. The number of hydrogen-bond donors (Lipinski definition) is 1. The number of thiocarbonyl (C=S) groups is 1. The molecule has 1 N–H and O–H groups in total. The normalized spacial score (nSPS) is 22.2. The first kappa shape index (κ1) is 20.8. The third-order valence-electron chi connectivity index (χ3n) is 6.28. The van der Waals surface area contributed by atoms with E-state index in [1.54, 1.807) is 0 Å². The number of esters is 1. The molecule has 2 aliphatic rings. The van der Waals surface area contributed by atoms with Crippen LogP contribution in [0.3, 0.4) is 0 Å². The number of nitrogens with one attached hydrogen (secondary N) is 1. The molecule has 160 valence electrons. The van der Waals surface area contributed by atoms with Crippen molar-refractivity contribution in [1.29, 1.82) is 0 Å². The predicted molar refractivity (Wildman–Crippen MR) is 120 cm³/mol. The van der Waals surface area contributed by atoms with Crippen LogP contribution in [-0.2, 0) is 9.53 Å². The van der Waals surface area contributed by atoms with Crippen LogP contribution in [0.25, 0.3) is 0 Å². The summed E-state index contributed by atoms with van der Waals surface area (Å²) in [7, 11) is 1.43. The molecule has 1 aliphatic heterocycles. The third-order valence-corrected chi connectivity index (χ3v) is 6.63. The Balaban J connectivity index is 1.59. The number of methoxy groups -OCH3 is 1. The van der Waals surface area contributed by atoms with Crippen LogP contribution in [0.2, 0.25) is 0 Å². The fourth-order valence-corrected chi connectivity index (χ4v) is 5.05. The number of carbonyl (C=O) groups is 1. The Morgan fingerprint density at radius 2 is 2.10 bits per heavy atom. The molecule has 0 aromatic carbocycles. The Hall–Kier alpha value is -2.41. The largest absolute Gasteiger partial charge is 0.469 e. The number of rotatable bonds is 7. The Morgan fingerprint density at radius 1 is 1.27 bits per heavy atom. The summed E-state index contributed by atoms with van der Waals surface area (Å²) in [6.45, 7) is 0.698. The van der Waals surface area contributed by atoms with Crippen molar-refractivity contribution in [3.05, 3.63) is 54.1 Å². The van der Waals surface area contributed by atoms with E-state index in [-0.39, 0.29) is 18.1 Å². The maximum Gasteiger partial charge on any atom is 0.305 e. The van der Waals surface area contributed by atoms with Gasteiger partial charge in [0.05, 0.1) is 24.9 Å². The Kier molecular flexibility index (Phi) is 6.67. The molecule has 0 radical (unpaired) electrons. The summed E-state index contributed by atoms with van der Waals surface area (Å²) in [5.74, 6) is -0.186. The summed E-state index contributed by atoms with van der Waals surface area (Å²) in [6, 6.07) is 8.84. The summed E-state index contributed by atoms with van der Waals surface area (Å²) in [5.41, 5.74) is 2.22. The molecule has 0 bridgehead atoms. The molecule has 2 atom stereocenters. The second-order valence-electron chi connectivity index (χ2n) is 8.18. The van der Waals surface area contributed by atoms with Crippen molar-refractivity contribution < 1.29 is 9.53 Å². The molecular formula is C23H30N4O2S. The van der Waals surface area contributed by atoms with Crippen LogP contribution < -0.4 is 5.32 Å². The second-order valence-corrected chi connectivity index (χ2v) is 8.57. The molecule has 2 aromatic heterocycles. The number of aromatic nitrogens is 2. The number of nitrogens with zero attached hydrogens (tertiary/aromatic N) is 3. The van der Waals surface area contributed by atoms with Gasteiger partial charge in [0.15, 0.2) is 5.11 Å². The molecule has 2 aromatic rings. The van der Waals surface area contributed by atoms with Crippen LogP contribution in [0.5, 0.6) is 0 Å². The Morgan fingerprint density at radius 3 is 2.83 bits per heavy atom. The van der Waals surface area contributed by atoms with Crippen molar-refractivity contribution in [3.63, 3.8) is 0 Å². The predicted octanol–water partition coefficient (Wildman–Crippen LogP) is 4.31. The van der Waals surface area contributed by atoms with Crippen molar-refractivity contribution in [2.75, 3.05) is 13.7 Å². The average molecular weight is 427 g/mol. The summed E-state index contributed by atoms with van der Waals surface area (Å²) in [6.07, 6.45) is 13.9. The summed E-state index contributed by atoms with van der Waals surface area (Å²) >= 11 is 5.70. The lowest BCUT2D eigenvalue weighted by molar-refractivity contribution is -0.140. The fourth-order valence-electron chi connectivity index (χ4n) is 4.72. The number of hydrogen-bond acceptors (Lipinski definition) is 4. The molecule has 3 heterocycles. The highest BCUT2D eigenvalue weighted by Crippen LogP contribution is 2.39. The molecule has 1 saturated carbocycles. The topological polar surface area (TPSA) is 59.4 Å². The zero-order chi connectivity index (χ0) is 20.9. The molecule has 2 fully saturated rings. The van der Waals surface area contributed by atoms with E-state index < -0.39 is 0 Å². The van der Waals surface area contributed by atoms with Crippen LogP contribution in [0.1, 0.15) is 74.3 Å². The van der Waals surface area contributed by atoms with Crippen molar-refractivity contribution in [2.45, 2.75) is 63.1 Å². The lowest BCUT2D eigenvalue weighted by Gasteiger charge is -2.27. The van der Waals surface area contributed by atoms with E-state index in [2.05, 4.69) is 38.2 Å².